The second-order valence-corrected chi connectivity index (χ2v) is 5.22. The summed E-state index contributed by atoms with van der Waals surface area (Å²) in [5.41, 5.74) is 0.304. The predicted octanol–water partition coefficient (Wildman–Crippen LogP) is 1.76. The van der Waals surface area contributed by atoms with Crippen LogP contribution in [0.25, 0.3) is 0 Å². The fraction of sp³-hybridized carbons (Fsp3) is 0.176. The van der Waals surface area contributed by atoms with Crippen molar-refractivity contribution in [2.75, 3.05) is 12.0 Å². The van der Waals surface area contributed by atoms with Crippen molar-refractivity contribution < 1.29 is 23.5 Å². The lowest BCUT2D eigenvalue weighted by Gasteiger charge is -2.28. The Hall–Kier alpha value is -3.42. The van der Waals surface area contributed by atoms with E-state index in [0.29, 0.717) is 17.2 Å². The Morgan fingerprint density at radius 1 is 1.28 bits per heavy atom. The molecule has 2 heterocycles. The van der Waals surface area contributed by atoms with E-state index in [0.717, 1.165) is 4.90 Å². The van der Waals surface area contributed by atoms with Crippen molar-refractivity contribution in [2.24, 2.45) is 10.9 Å². The molecule has 3 rings (SSSR count). The number of amides is 4. The van der Waals surface area contributed by atoms with Crippen LogP contribution in [0.5, 0.6) is 5.75 Å². The van der Waals surface area contributed by atoms with Crippen LogP contribution in [0.4, 0.5) is 10.5 Å². The Kier molecular flexibility index (Phi) is 4.60. The van der Waals surface area contributed by atoms with Crippen LogP contribution in [-0.2, 0) is 16.1 Å². The van der Waals surface area contributed by atoms with E-state index in [4.69, 9.17) is 9.15 Å². The molecule has 1 aliphatic heterocycles. The molecule has 1 aromatic carbocycles. The van der Waals surface area contributed by atoms with E-state index in [2.05, 4.69) is 10.3 Å². The fourth-order valence-corrected chi connectivity index (χ4v) is 2.37. The Bertz CT molecular complexity index is 829. The Balaban J connectivity index is 1.82. The third-order valence-electron chi connectivity index (χ3n) is 3.60. The minimum absolute atomic E-state index is 0.192. The van der Waals surface area contributed by atoms with Gasteiger partial charge in [-0.2, -0.15) is 0 Å². The highest BCUT2D eigenvalue weighted by molar-refractivity contribution is 6.32. The van der Waals surface area contributed by atoms with Gasteiger partial charge < -0.3 is 9.15 Å². The van der Waals surface area contributed by atoms with Crippen molar-refractivity contribution in [3.8, 4) is 5.75 Å². The lowest BCUT2D eigenvalue weighted by molar-refractivity contribution is -0.131. The van der Waals surface area contributed by atoms with Gasteiger partial charge in [-0.3, -0.25) is 19.9 Å². The smallest absolute Gasteiger partial charge is 0.335 e. The third kappa shape index (κ3) is 3.42. The van der Waals surface area contributed by atoms with Crippen LogP contribution in [0, 0.1) is 5.92 Å². The molecular weight excluding hydrogens is 326 g/mol. The number of nitrogens with one attached hydrogen (secondary N) is 1. The first kappa shape index (κ1) is 16.4. The van der Waals surface area contributed by atoms with Crippen molar-refractivity contribution >= 4 is 29.7 Å². The van der Waals surface area contributed by atoms with Gasteiger partial charge in [0.1, 0.15) is 11.5 Å². The van der Waals surface area contributed by atoms with Gasteiger partial charge in [0, 0.05) is 12.3 Å². The molecule has 25 heavy (non-hydrogen) atoms. The molecule has 1 N–H and O–H groups in total. The summed E-state index contributed by atoms with van der Waals surface area (Å²) >= 11 is 0. The van der Waals surface area contributed by atoms with Crippen LogP contribution < -0.4 is 15.0 Å². The Morgan fingerprint density at radius 2 is 2.12 bits per heavy atom. The van der Waals surface area contributed by atoms with Gasteiger partial charge in [-0.15, -0.1) is 0 Å². The fourth-order valence-electron chi connectivity index (χ4n) is 2.37. The highest BCUT2D eigenvalue weighted by Crippen LogP contribution is 2.24. The highest BCUT2D eigenvalue weighted by Gasteiger charge is 2.40. The second-order valence-electron chi connectivity index (χ2n) is 5.22. The molecule has 0 unspecified atom stereocenters. The standard InChI is InChI=1S/C17H15N3O5/c1-24-12-5-2-4-11(8-12)20-16(22)14(15(21)19-17(20)23)10-18-9-13-6-3-7-25-13/h2-8,10,14H,9H2,1H3,(H,19,21,23)/t14-/m0/s1. The van der Waals surface area contributed by atoms with Gasteiger partial charge in [-0.1, -0.05) is 6.07 Å². The van der Waals surface area contributed by atoms with Gasteiger partial charge in [0.25, 0.3) is 5.91 Å². The summed E-state index contributed by atoms with van der Waals surface area (Å²) in [6.07, 6.45) is 2.73. The van der Waals surface area contributed by atoms with Gasteiger partial charge in [0.15, 0.2) is 5.92 Å². The summed E-state index contributed by atoms with van der Waals surface area (Å²) in [5.74, 6) is -1.50. The molecule has 8 heteroatoms. The van der Waals surface area contributed by atoms with Crippen LogP contribution in [0.15, 0.2) is 52.1 Å². The number of furan rings is 1. The number of hydrogen-bond acceptors (Lipinski definition) is 6. The number of nitrogens with zero attached hydrogens (tertiary/aromatic N) is 2. The first-order chi connectivity index (χ1) is 12.1. The van der Waals surface area contributed by atoms with Crippen molar-refractivity contribution in [2.45, 2.75) is 6.54 Å². The quantitative estimate of drug-likeness (QED) is 0.659. The second kappa shape index (κ2) is 7.00. The minimum atomic E-state index is -1.20. The van der Waals surface area contributed by atoms with E-state index in [-0.39, 0.29) is 6.54 Å². The number of benzene rings is 1. The molecular formula is C17H15N3O5. The number of carbonyl (C=O) groups is 3. The summed E-state index contributed by atoms with van der Waals surface area (Å²) in [6, 6.07) is 9.07. The monoisotopic (exact) mass is 341 g/mol. The molecule has 4 amide bonds. The number of rotatable bonds is 5. The van der Waals surface area contributed by atoms with Gasteiger partial charge in [-0.25, -0.2) is 9.69 Å². The SMILES string of the molecule is COc1cccc(N2C(=O)NC(=O)[C@H](C=NCc3ccco3)C2=O)c1. The first-order valence-electron chi connectivity index (χ1n) is 7.45. The number of urea groups is 1. The zero-order valence-electron chi connectivity index (χ0n) is 13.3. The molecule has 0 spiro atoms. The molecule has 1 aliphatic rings. The molecule has 0 saturated carbocycles. The first-order valence-corrected chi connectivity index (χ1v) is 7.45. The lowest BCUT2D eigenvalue weighted by atomic mass is 10.1. The van der Waals surface area contributed by atoms with E-state index in [1.807, 2.05) is 0 Å². The normalized spacial score (nSPS) is 17.9. The van der Waals surface area contributed by atoms with E-state index < -0.39 is 23.8 Å². The van der Waals surface area contributed by atoms with Crippen molar-refractivity contribution in [3.63, 3.8) is 0 Å². The topological polar surface area (TPSA) is 101 Å². The average molecular weight is 341 g/mol. The summed E-state index contributed by atoms with van der Waals surface area (Å²) in [5, 5.41) is 2.16. The number of carbonyl (C=O) groups excluding carboxylic acids is 3. The van der Waals surface area contributed by atoms with E-state index in [1.54, 1.807) is 30.3 Å². The number of methoxy groups -OCH3 is 1. The molecule has 1 aromatic heterocycles. The Labute approximate surface area is 143 Å². The molecule has 8 nitrogen and oxygen atoms in total. The van der Waals surface area contributed by atoms with E-state index >= 15 is 0 Å². The van der Waals surface area contributed by atoms with Gasteiger partial charge >= 0.3 is 6.03 Å². The zero-order valence-corrected chi connectivity index (χ0v) is 13.3. The largest absolute Gasteiger partial charge is 0.497 e. The predicted molar refractivity (Wildman–Crippen MR) is 88.4 cm³/mol. The van der Waals surface area contributed by atoms with Crippen LogP contribution in [0.2, 0.25) is 0 Å². The van der Waals surface area contributed by atoms with Gasteiger partial charge in [0.05, 0.1) is 25.6 Å². The summed E-state index contributed by atoms with van der Waals surface area (Å²) in [6.45, 7) is 0.192. The Morgan fingerprint density at radius 3 is 2.84 bits per heavy atom. The molecule has 1 saturated heterocycles. The molecule has 0 radical (unpaired) electrons. The maximum absolute atomic E-state index is 12.6. The van der Waals surface area contributed by atoms with Crippen LogP contribution in [0.1, 0.15) is 5.76 Å². The summed E-state index contributed by atoms with van der Waals surface area (Å²) < 4.78 is 10.2. The van der Waals surface area contributed by atoms with Crippen molar-refractivity contribution in [1.82, 2.24) is 5.32 Å². The number of ether oxygens (including phenoxy) is 1. The molecule has 1 atom stereocenters. The third-order valence-corrected chi connectivity index (χ3v) is 3.60. The number of imide groups is 2. The molecule has 128 valence electrons. The van der Waals surface area contributed by atoms with Crippen LogP contribution in [0.3, 0.4) is 0 Å². The summed E-state index contributed by atoms with van der Waals surface area (Å²) in [7, 11) is 1.48. The summed E-state index contributed by atoms with van der Waals surface area (Å²) in [4.78, 5) is 41.7. The number of barbiturate groups is 1. The van der Waals surface area contributed by atoms with Crippen LogP contribution in [-0.4, -0.2) is 31.2 Å². The lowest BCUT2D eigenvalue weighted by Crippen LogP contribution is -2.58. The minimum Gasteiger partial charge on any atom is -0.497 e. The maximum Gasteiger partial charge on any atom is 0.335 e. The molecule has 2 aromatic rings. The number of anilines is 1. The van der Waals surface area contributed by atoms with Gasteiger partial charge in [-0.05, 0) is 24.3 Å². The highest BCUT2D eigenvalue weighted by atomic mass is 16.5. The molecule has 0 bridgehead atoms. The van der Waals surface area contributed by atoms with E-state index in [9.17, 15) is 14.4 Å². The molecule has 0 aliphatic carbocycles. The molecule has 1 fully saturated rings. The average Bonchev–Trinajstić information content (AvgIpc) is 3.11. The van der Waals surface area contributed by atoms with Crippen LogP contribution >= 0.6 is 0 Å². The maximum atomic E-state index is 12.6. The van der Waals surface area contributed by atoms with Crippen molar-refractivity contribution in [3.05, 3.63) is 48.4 Å². The number of aliphatic imine (C=N–C) groups is 1. The zero-order chi connectivity index (χ0) is 17.8. The van der Waals surface area contributed by atoms with Crippen molar-refractivity contribution in [1.29, 1.82) is 0 Å². The number of hydrogen-bond donors (Lipinski definition) is 1. The van der Waals surface area contributed by atoms with Gasteiger partial charge in [0.2, 0.25) is 5.91 Å². The van der Waals surface area contributed by atoms with E-state index in [1.165, 1.54) is 25.7 Å².